The van der Waals surface area contributed by atoms with Gasteiger partial charge in [0, 0.05) is 26.7 Å². The van der Waals surface area contributed by atoms with Gasteiger partial charge >= 0.3 is 0 Å². The van der Waals surface area contributed by atoms with Gasteiger partial charge in [-0.1, -0.05) is 26.0 Å². The van der Waals surface area contributed by atoms with Crippen molar-refractivity contribution in [2.75, 3.05) is 20.3 Å². The summed E-state index contributed by atoms with van der Waals surface area (Å²) in [6.07, 6.45) is 2.17. The summed E-state index contributed by atoms with van der Waals surface area (Å²) in [7, 11) is 1.65. The molecule has 1 unspecified atom stereocenters. The Bertz CT molecular complexity index is 417. The Morgan fingerprint density at radius 2 is 1.95 bits per heavy atom. The summed E-state index contributed by atoms with van der Waals surface area (Å²) in [5.74, 6) is 0.418. The molecule has 21 heavy (non-hydrogen) atoms. The normalized spacial score (nSPS) is 12.4. The molecular formula is C17H26FNO2. The summed E-state index contributed by atoms with van der Waals surface area (Å²) in [4.78, 5) is 12.0. The number of methoxy groups -OCH3 is 1. The number of rotatable bonds is 9. The SMILES string of the molecule is COCCCNC(=O)CC(CC(C)C)c1ccc(F)cc1. The molecule has 4 heteroatoms. The van der Waals surface area contributed by atoms with Crippen LogP contribution in [0.25, 0.3) is 0 Å². The van der Waals surface area contributed by atoms with Gasteiger partial charge in [-0.3, -0.25) is 4.79 Å². The van der Waals surface area contributed by atoms with Crippen molar-refractivity contribution in [2.24, 2.45) is 5.92 Å². The zero-order valence-electron chi connectivity index (χ0n) is 13.2. The summed E-state index contributed by atoms with van der Waals surface area (Å²) in [6, 6.07) is 6.47. The molecule has 0 radical (unpaired) electrons. The van der Waals surface area contributed by atoms with E-state index in [1.165, 1.54) is 12.1 Å². The van der Waals surface area contributed by atoms with E-state index in [0.717, 1.165) is 18.4 Å². The van der Waals surface area contributed by atoms with Gasteiger partial charge in [-0.05, 0) is 42.4 Å². The summed E-state index contributed by atoms with van der Waals surface area (Å²) in [6.45, 7) is 5.54. The van der Waals surface area contributed by atoms with E-state index >= 15 is 0 Å². The van der Waals surface area contributed by atoms with Crippen LogP contribution in [0.1, 0.15) is 44.6 Å². The van der Waals surface area contributed by atoms with Gasteiger partial charge in [-0.25, -0.2) is 4.39 Å². The first-order valence-electron chi connectivity index (χ1n) is 7.54. The van der Waals surface area contributed by atoms with Gasteiger partial charge in [0.25, 0.3) is 0 Å². The lowest BCUT2D eigenvalue weighted by Crippen LogP contribution is -2.27. The van der Waals surface area contributed by atoms with Crippen LogP contribution < -0.4 is 5.32 Å². The summed E-state index contributed by atoms with van der Waals surface area (Å²) in [5.41, 5.74) is 1.03. The lowest BCUT2D eigenvalue weighted by molar-refractivity contribution is -0.121. The molecular weight excluding hydrogens is 269 g/mol. The van der Waals surface area contributed by atoms with Crippen LogP contribution in [0.15, 0.2) is 24.3 Å². The van der Waals surface area contributed by atoms with E-state index in [1.54, 1.807) is 19.2 Å². The third-order valence-corrected chi connectivity index (χ3v) is 3.38. The van der Waals surface area contributed by atoms with Gasteiger partial charge in [-0.2, -0.15) is 0 Å². The molecule has 0 aliphatic heterocycles. The quantitative estimate of drug-likeness (QED) is 0.708. The van der Waals surface area contributed by atoms with Crippen LogP contribution in [0.5, 0.6) is 0 Å². The second-order valence-electron chi connectivity index (χ2n) is 5.78. The van der Waals surface area contributed by atoms with E-state index in [-0.39, 0.29) is 17.6 Å². The van der Waals surface area contributed by atoms with Gasteiger partial charge in [0.05, 0.1) is 0 Å². The molecule has 0 fully saturated rings. The fourth-order valence-electron chi connectivity index (χ4n) is 2.38. The number of benzene rings is 1. The molecule has 0 bridgehead atoms. The van der Waals surface area contributed by atoms with Crippen molar-refractivity contribution in [3.63, 3.8) is 0 Å². The molecule has 3 nitrogen and oxygen atoms in total. The summed E-state index contributed by atoms with van der Waals surface area (Å²) >= 11 is 0. The van der Waals surface area contributed by atoms with Crippen LogP contribution in [-0.4, -0.2) is 26.2 Å². The van der Waals surface area contributed by atoms with Crippen molar-refractivity contribution < 1.29 is 13.9 Å². The predicted molar refractivity (Wildman–Crippen MR) is 82.7 cm³/mol. The highest BCUT2D eigenvalue weighted by Gasteiger charge is 2.17. The van der Waals surface area contributed by atoms with Gasteiger partial charge in [0.1, 0.15) is 5.82 Å². The molecule has 0 aliphatic rings. The Balaban J connectivity index is 2.57. The molecule has 0 heterocycles. The van der Waals surface area contributed by atoms with Crippen molar-refractivity contribution in [3.05, 3.63) is 35.6 Å². The standard InChI is InChI=1S/C17H26FNO2/c1-13(2)11-15(14-5-7-16(18)8-6-14)12-17(20)19-9-4-10-21-3/h5-8,13,15H,4,9-12H2,1-3H3,(H,19,20). The minimum Gasteiger partial charge on any atom is -0.385 e. The maximum absolute atomic E-state index is 13.0. The number of ether oxygens (including phenoxy) is 1. The van der Waals surface area contributed by atoms with Gasteiger partial charge in [-0.15, -0.1) is 0 Å². The molecule has 1 amide bonds. The second kappa shape index (κ2) is 9.50. The topological polar surface area (TPSA) is 38.3 Å². The third-order valence-electron chi connectivity index (χ3n) is 3.38. The average Bonchev–Trinajstić information content (AvgIpc) is 2.43. The van der Waals surface area contributed by atoms with E-state index < -0.39 is 0 Å². The molecule has 0 aliphatic carbocycles. The van der Waals surface area contributed by atoms with Crippen LogP contribution in [-0.2, 0) is 9.53 Å². The number of hydrogen-bond donors (Lipinski definition) is 1. The van der Waals surface area contributed by atoms with E-state index in [1.807, 2.05) is 0 Å². The highest BCUT2D eigenvalue weighted by Crippen LogP contribution is 2.27. The van der Waals surface area contributed by atoms with Crippen molar-refractivity contribution in [1.29, 1.82) is 0 Å². The third kappa shape index (κ3) is 7.23. The maximum atomic E-state index is 13.0. The van der Waals surface area contributed by atoms with Crippen molar-refractivity contribution in [1.82, 2.24) is 5.32 Å². The first-order chi connectivity index (χ1) is 10.0. The Morgan fingerprint density at radius 1 is 1.29 bits per heavy atom. The molecule has 0 saturated heterocycles. The van der Waals surface area contributed by atoms with Crippen molar-refractivity contribution >= 4 is 5.91 Å². The molecule has 1 rings (SSSR count). The van der Waals surface area contributed by atoms with E-state index in [2.05, 4.69) is 19.2 Å². The van der Waals surface area contributed by atoms with Gasteiger partial charge < -0.3 is 10.1 Å². The number of carbonyl (C=O) groups excluding carboxylic acids is 1. The Hall–Kier alpha value is -1.42. The summed E-state index contributed by atoms with van der Waals surface area (Å²) in [5, 5.41) is 2.91. The van der Waals surface area contributed by atoms with E-state index in [9.17, 15) is 9.18 Å². The predicted octanol–water partition coefficient (Wildman–Crippen LogP) is 3.50. The van der Waals surface area contributed by atoms with Gasteiger partial charge in [0.2, 0.25) is 5.91 Å². The highest BCUT2D eigenvalue weighted by atomic mass is 19.1. The molecule has 1 atom stereocenters. The number of nitrogens with one attached hydrogen (secondary N) is 1. The number of carbonyl (C=O) groups is 1. The molecule has 0 aromatic heterocycles. The fraction of sp³-hybridized carbons (Fsp3) is 0.588. The lowest BCUT2D eigenvalue weighted by atomic mass is 9.87. The van der Waals surface area contributed by atoms with Crippen molar-refractivity contribution in [3.8, 4) is 0 Å². The average molecular weight is 295 g/mol. The summed E-state index contributed by atoms with van der Waals surface area (Å²) < 4.78 is 18.0. The van der Waals surface area contributed by atoms with Crippen LogP contribution >= 0.6 is 0 Å². The van der Waals surface area contributed by atoms with Crippen LogP contribution in [0, 0.1) is 11.7 Å². The number of halogens is 1. The van der Waals surface area contributed by atoms with Gasteiger partial charge in [0.15, 0.2) is 0 Å². The largest absolute Gasteiger partial charge is 0.385 e. The monoisotopic (exact) mass is 295 g/mol. The smallest absolute Gasteiger partial charge is 0.220 e. The minimum absolute atomic E-state index is 0.0427. The van der Waals surface area contributed by atoms with E-state index in [0.29, 0.717) is 25.5 Å². The second-order valence-corrected chi connectivity index (χ2v) is 5.78. The molecule has 0 saturated carbocycles. The van der Waals surface area contributed by atoms with Crippen LogP contribution in [0.4, 0.5) is 4.39 Å². The molecule has 0 spiro atoms. The molecule has 118 valence electrons. The van der Waals surface area contributed by atoms with Crippen LogP contribution in [0.3, 0.4) is 0 Å². The van der Waals surface area contributed by atoms with Crippen LogP contribution in [0.2, 0.25) is 0 Å². The lowest BCUT2D eigenvalue weighted by Gasteiger charge is -2.19. The Kier molecular flexibility index (Phi) is 7.98. The van der Waals surface area contributed by atoms with Crippen molar-refractivity contribution in [2.45, 2.75) is 39.0 Å². The first kappa shape index (κ1) is 17.6. The zero-order valence-corrected chi connectivity index (χ0v) is 13.2. The Morgan fingerprint density at radius 3 is 2.52 bits per heavy atom. The molecule has 1 N–H and O–H groups in total. The zero-order chi connectivity index (χ0) is 15.7. The van der Waals surface area contributed by atoms with E-state index in [4.69, 9.17) is 4.74 Å². The maximum Gasteiger partial charge on any atom is 0.220 e. The number of amides is 1. The Labute approximate surface area is 126 Å². The molecule has 1 aromatic carbocycles. The molecule has 1 aromatic rings. The minimum atomic E-state index is -0.244. The highest BCUT2D eigenvalue weighted by molar-refractivity contribution is 5.76. The first-order valence-corrected chi connectivity index (χ1v) is 7.54. The number of hydrogen-bond acceptors (Lipinski definition) is 2. The fourth-order valence-corrected chi connectivity index (χ4v) is 2.38.